The molecule has 0 amide bonds. The number of imidazole rings is 1. The first-order valence-corrected chi connectivity index (χ1v) is 7.59. The van der Waals surface area contributed by atoms with Crippen molar-refractivity contribution in [1.29, 1.82) is 0 Å². The van der Waals surface area contributed by atoms with E-state index in [4.69, 9.17) is 15.6 Å². The van der Waals surface area contributed by atoms with Gasteiger partial charge in [0.2, 0.25) is 0 Å². The van der Waals surface area contributed by atoms with E-state index < -0.39 is 0 Å². The Morgan fingerprint density at radius 1 is 1.43 bits per heavy atom. The number of benzene rings is 1. The van der Waals surface area contributed by atoms with Crippen molar-refractivity contribution in [2.75, 3.05) is 7.11 Å². The molecular formula is C15H18N4OS. The lowest BCUT2D eigenvalue weighted by molar-refractivity contribution is 0.415. The molecule has 0 aliphatic rings. The predicted molar refractivity (Wildman–Crippen MR) is 85.4 cm³/mol. The van der Waals surface area contributed by atoms with E-state index in [2.05, 4.69) is 16.1 Å². The molecule has 1 aromatic carbocycles. The lowest BCUT2D eigenvalue weighted by Crippen LogP contribution is -2.29. The molecule has 2 heterocycles. The minimum atomic E-state index is 0.0226. The highest BCUT2D eigenvalue weighted by atomic mass is 32.1. The number of rotatable bonds is 5. The van der Waals surface area contributed by atoms with Crippen molar-refractivity contribution >= 4 is 22.4 Å². The molecule has 1 atom stereocenters. The van der Waals surface area contributed by atoms with E-state index in [1.807, 2.05) is 36.7 Å². The molecule has 0 bridgehead atoms. The maximum absolute atomic E-state index is 5.73. The third-order valence-corrected chi connectivity index (χ3v) is 4.67. The van der Waals surface area contributed by atoms with Gasteiger partial charge in [-0.2, -0.15) is 0 Å². The van der Waals surface area contributed by atoms with Crippen LogP contribution in [0, 0.1) is 0 Å². The fraction of sp³-hybridized carbons (Fsp3) is 0.267. The van der Waals surface area contributed by atoms with Gasteiger partial charge in [-0.3, -0.25) is 11.3 Å². The van der Waals surface area contributed by atoms with Gasteiger partial charge in [0, 0.05) is 23.7 Å². The summed E-state index contributed by atoms with van der Waals surface area (Å²) in [4.78, 5) is 5.83. The molecule has 110 valence electrons. The van der Waals surface area contributed by atoms with Gasteiger partial charge in [-0.05, 0) is 18.2 Å². The third kappa shape index (κ3) is 2.65. The number of hydrogen-bond donors (Lipinski definition) is 2. The van der Waals surface area contributed by atoms with Crippen LogP contribution in [0.15, 0.2) is 35.7 Å². The van der Waals surface area contributed by atoms with E-state index >= 15 is 0 Å². The SMILES string of the molecule is COc1csc(C(Cc2nc3ccccc3n2C)NN)c1. The zero-order valence-corrected chi connectivity index (χ0v) is 12.9. The Balaban J connectivity index is 1.90. The number of fused-ring (bicyclic) bond motifs is 1. The smallest absolute Gasteiger partial charge is 0.129 e. The molecule has 0 radical (unpaired) electrons. The van der Waals surface area contributed by atoms with Gasteiger partial charge < -0.3 is 9.30 Å². The van der Waals surface area contributed by atoms with Crippen LogP contribution in [0.2, 0.25) is 0 Å². The average molecular weight is 302 g/mol. The largest absolute Gasteiger partial charge is 0.496 e. The molecule has 0 aliphatic carbocycles. The molecular weight excluding hydrogens is 284 g/mol. The van der Waals surface area contributed by atoms with Crippen molar-refractivity contribution in [3.63, 3.8) is 0 Å². The molecule has 0 fully saturated rings. The number of ether oxygens (including phenoxy) is 1. The van der Waals surface area contributed by atoms with Gasteiger partial charge in [0.25, 0.3) is 0 Å². The number of aryl methyl sites for hydroxylation is 1. The zero-order valence-electron chi connectivity index (χ0n) is 12.0. The Labute approximate surface area is 127 Å². The quantitative estimate of drug-likeness (QED) is 0.561. The van der Waals surface area contributed by atoms with E-state index in [9.17, 15) is 0 Å². The van der Waals surface area contributed by atoms with Gasteiger partial charge >= 0.3 is 0 Å². The minimum absolute atomic E-state index is 0.0226. The van der Waals surface area contributed by atoms with Crippen molar-refractivity contribution in [1.82, 2.24) is 15.0 Å². The topological polar surface area (TPSA) is 65.1 Å². The fourth-order valence-electron chi connectivity index (χ4n) is 2.43. The second kappa shape index (κ2) is 5.85. The van der Waals surface area contributed by atoms with Crippen molar-refractivity contribution in [3.8, 4) is 5.75 Å². The number of para-hydroxylation sites is 2. The Morgan fingerprint density at radius 2 is 2.24 bits per heavy atom. The van der Waals surface area contributed by atoms with Crippen molar-refractivity contribution in [2.45, 2.75) is 12.5 Å². The maximum atomic E-state index is 5.73. The van der Waals surface area contributed by atoms with Gasteiger partial charge in [0.15, 0.2) is 0 Å². The van der Waals surface area contributed by atoms with Crippen LogP contribution >= 0.6 is 11.3 Å². The molecule has 21 heavy (non-hydrogen) atoms. The lowest BCUT2D eigenvalue weighted by atomic mass is 10.1. The highest BCUT2D eigenvalue weighted by Gasteiger charge is 2.17. The Morgan fingerprint density at radius 3 is 2.90 bits per heavy atom. The summed E-state index contributed by atoms with van der Waals surface area (Å²) < 4.78 is 7.35. The molecule has 0 spiro atoms. The van der Waals surface area contributed by atoms with Crippen molar-refractivity contribution in [2.24, 2.45) is 12.9 Å². The van der Waals surface area contributed by atoms with E-state index in [1.54, 1.807) is 18.4 Å². The second-order valence-electron chi connectivity index (χ2n) is 4.89. The van der Waals surface area contributed by atoms with Gasteiger partial charge in [0.05, 0.1) is 24.2 Å². The number of aromatic nitrogens is 2. The van der Waals surface area contributed by atoms with Crippen LogP contribution in [-0.4, -0.2) is 16.7 Å². The number of nitrogens with zero attached hydrogens (tertiary/aromatic N) is 2. The highest BCUT2D eigenvalue weighted by molar-refractivity contribution is 7.10. The van der Waals surface area contributed by atoms with Crippen LogP contribution in [0.25, 0.3) is 11.0 Å². The van der Waals surface area contributed by atoms with E-state index in [0.29, 0.717) is 0 Å². The summed E-state index contributed by atoms with van der Waals surface area (Å²) in [6.07, 6.45) is 0.728. The predicted octanol–water partition coefficient (Wildman–Crippen LogP) is 2.39. The molecule has 0 saturated heterocycles. The Hall–Kier alpha value is -1.89. The van der Waals surface area contributed by atoms with Gasteiger partial charge in [0.1, 0.15) is 11.6 Å². The minimum Gasteiger partial charge on any atom is -0.496 e. The second-order valence-corrected chi connectivity index (χ2v) is 5.83. The average Bonchev–Trinajstić information content (AvgIpc) is 3.10. The van der Waals surface area contributed by atoms with Gasteiger partial charge in [-0.15, -0.1) is 11.3 Å². The van der Waals surface area contributed by atoms with Crippen LogP contribution in [0.5, 0.6) is 5.75 Å². The highest BCUT2D eigenvalue weighted by Crippen LogP contribution is 2.29. The first kappa shape index (κ1) is 14.1. The summed E-state index contributed by atoms with van der Waals surface area (Å²) in [5, 5.41) is 1.98. The normalized spacial score (nSPS) is 12.7. The third-order valence-electron chi connectivity index (χ3n) is 3.64. The Bertz CT molecular complexity index is 749. The van der Waals surface area contributed by atoms with E-state index in [-0.39, 0.29) is 6.04 Å². The summed E-state index contributed by atoms with van der Waals surface area (Å²) >= 11 is 1.63. The van der Waals surface area contributed by atoms with Crippen LogP contribution in [0.4, 0.5) is 0 Å². The summed E-state index contributed by atoms with van der Waals surface area (Å²) in [5.74, 6) is 7.59. The first-order valence-electron chi connectivity index (χ1n) is 6.72. The molecule has 2 aromatic heterocycles. The monoisotopic (exact) mass is 302 g/mol. The van der Waals surface area contributed by atoms with Crippen LogP contribution in [-0.2, 0) is 13.5 Å². The fourth-order valence-corrected chi connectivity index (χ4v) is 3.34. The molecule has 5 nitrogen and oxygen atoms in total. The Kier molecular flexibility index (Phi) is 3.92. The van der Waals surface area contributed by atoms with Crippen LogP contribution in [0.3, 0.4) is 0 Å². The molecule has 3 rings (SSSR count). The van der Waals surface area contributed by atoms with Crippen molar-refractivity contribution in [3.05, 3.63) is 46.4 Å². The van der Waals surface area contributed by atoms with Gasteiger partial charge in [-0.1, -0.05) is 12.1 Å². The molecule has 3 N–H and O–H groups in total. The number of nitrogens with one attached hydrogen (secondary N) is 1. The summed E-state index contributed by atoms with van der Waals surface area (Å²) in [6, 6.07) is 10.2. The molecule has 3 aromatic rings. The number of hydrazine groups is 1. The molecule has 0 aliphatic heterocycles. The van der Waals surface area contributed by atoms with Crippen LogP contribution in [0.1, 0.15) is 16.7 Å². The first-order chi connectivity index (χ1) is 10.2. The zero-order chi connectivity index (χ0) is 14.8. The molecule has 1 unspecified atom stereocenters. The number of hydrogen-bond acceptors (Lipinski definition) is 5. The summed E-state index contributed by atoms with van der Waals surface area (Å²) in [5.41, 5.74) is 5.02. The van der Waals surface area contributed by atoms with E-state index in [1.165, 1.54) is 0 Å². The number of thiophene rings is 1. The van der Waals surface area contributed by atoms with Gasteiger partial charge in [-0.25, -0.2) is 4.98 Å². The molecule has 0 saturated carbocycles. The lowest BCUT2D eigenvalue weighted by Gasteiger charge is -2.13. The number of nitrogens with two attached hydrogens (primary N) is 1. The summed E-state index contributed by atoms with van der Waals surface area (Å²) in [7, 11) is 3.70. The van der Waals surface area contributed by atoms with Crippen molar-refractivity contribution < 1.29 is 4.74 Å². The molecule has 6 heteroatoms. The van der Waals surface area contributed by atoms with E-state index in [0.717, 1.165) is 33.9 Å². The number of methoxy groups -OCH3 is 1. The maximum Gasteiger partial charge on any atom is 0.129 e. The van der Waals surface area contributed by atoms with Crippen LogP contribution < -0.4 is 16.0 Å². The summed E-state index contributed by atoms with van der Waals surface area (Å²) in [6.45, 7) is 0. The standard InChI is InChI=1S/C15H18N4OS/c1-19-13-6-4-3-5-11(13)17-15(19)8-12(18-16)14-7-10(20-2)9-21-14/h3-7,9,12,18H,8,16H2,1-2H3.